The fourth-order valence-electron chi connectivity index (χ4n) is 3.70. The Bertz CT molecular complexity index is 1250. The van der Waals surface area contributed by atoms with Crippen LogP contribution < -0.4 is 10.5 Å². The Labute approximate surface area is 186 Å². The molecule has 2 N–H and O–H groups in total. The Hall–Kier alpha value is -3.64. The Kier molecular flexibility index (Phi) is 6.52. The second-order valence-corrected chi connectivity index (χ2v) is 7.57. The third-order valence-electron chi connectivity index (χ3n) is 5.29. The van der Waals surface area contributed by atoms with Gasteiger partial charge in [0.15, 0.2) is 5.58 Å². The highest BCUT2D eigenvalue weighted by Crippen LogP contribution is 2.33. The molecule has 1 aromatic heterocycles. The van der Waals surface area contributed by atoms with Crippen LogP contribution in [0.1, 0.15) is 29.3 Å². The third kappa shape index (κ3) is 4.65. The van der Waals surface area contributed by atoms with Gasteiger partial charge < -0.3 is 19.7 Å². The SMILES string of the molecule is CCOC(=O)Cc1ccccc1OCc1cc(-c2cccc(CN)c2)c2onc(C)c2c1. The third-order valence-corrected chi connectivity index (χ3v) is 5.29. The van der Waals surface area contributed by atoms with E-state index in [1.54, 1.807) is 6.92 Å². The minimum atomic E-state index is -0.271. The van der Waals surface area contributed by atoms with Crippen LogP contribution in [0.25, 0.3) is 22.1 Å². The van der Waals surface area contributed by atoms with E-state index in [0.29, 0.717) is 25.5 Å². The van der Waals surface area contributed by atoms with Crippen molar-refractivity contribution in [3.05, 3.63) is 83.0 Å². The zero-order valence-corrected chi connectivity index (χ0v) is 18.3. The maximum absolute atomic E-state index is 11.9. The second kappa shape index (κ2) is 9.66. The predicted molar refractivity (Wildman–Crippen MR) is 123 cm³/mol. The van der Waals surface area contributed by atoms with Gasteiger partial charge in [-0.15, -0.1) is 0 Å². The molecule has 4 rings (SSSR count). The van der Waals surface area contributed by atoms with Gasteiger partial charge in [-0.1, -0.05) is 41.6 Å². The van der Waals surface area contributed by atoms with E-state index in [-0.39, 0.29) is 12.4 Å². The van der Waals surface area contributed by atoms with Gasteiger partial charge >= 0.3 is 5.97 Å². The number of hydrogen-bond acceptors (Lipinski definition) is 6. The molecule has 1 heterocycles. The summed E-state index contributed by atoms with van der Waals surface area (Å²) >= 11 is 0. The number of hydrogen-bond donors (Lipinski definition) is 1. The molecule has 4 aromatic rings. The molecule has 0 bridgehead atoms. The first-order valence-corrected chi connectivity index (χ1v) is 10.6. The summed E-state index contributed by atoms with van der Waals surface area (Å²) in [6.45, 7) is 4.87. The van der Waals surface area contributed by atoms with E-state index >= 15 is 0 Å². The smallest absolute Gasteiger partial charge is 0.310 e. The van der Waals surface area contributed by atoms with Gasteiger partial charge in [-0.2, -0.15) is 0 Å². The van der Waals surface area contributed by atoms with Crippen LogP contribution in [0.3, 0.4) is 0 Å². The summed E-state index contributed by atoms with van der Waals surface area (Å²) < 4.78 is 16.8. The van der Waals surface area contributed by atoms with Crippen molar-refractivity contribution < 1.29 is 18.8 Å². The molecule has 0 amide bonds. The van der Waals surface area contributed by atoms with Crippen molar-refractivity contribution >= 4 is 16.9 Å². The first-order valence-electron chi connectivity index (χ1n) is 10.6. The molecule has 0 aliphatic carbocycles. The van der Waals surface area contributed by atoms with Crippen molar-refractivity contribution in [2.45, 2.75) is 33.4 Å². The van der Waals surface area contributed by atoms with E-state index in [1.165, 1.54) is 0 Å². The summed E-state index contributed by atoms with van der Waals surface area (Å²) in [5.41, 5.74) is 12.2. The molecule has 0 aliphatic heterocycles. The molecule has 6 heteroatoms. The summed E-state index contributed by atoms with van der Waals surface area (Å²) in [6.07, 6.45) is 0.172. The first-order chi connectivity index (χ1) is 15.6. The Morgan fingerprint density at radius 3 is 2.72 bits per heavy atom. The fourth-order valence-corrected chi connectivity index (χ4v) is 3.70. The predicted octanol–water partition coefficient (Wildman–Crippen LogP) is 4.95. The van der Waals surface area contributed by atoms with E-state index in [2.05, 4.69) is 17.3 Å². The van der Waals surface area contributed by atoms with Gasteiger partial charge in [-0.3, -0.25) is 4.79 Å². The molecule has 6 nitrogen and oxygen atoms in total. The molecular weight excluding hydrogens is 404 g/mol. The van der Waals surface area contributed by atoms with E-state index in [0.717, 1.165) is 44.5 Å². The number of carbonyl (C=O) groups excluding carboxylic acids is 1. The highest BCUT2D eigenvalue weighted by Gasteiger charge is 2.15. The van der Waals surface area contributed by atoms with Crippen LogP contribution in [-0.4, -0.2) is 17.7 Å². The summed E-state index contributed by atoms with van der Waals surface area (Å²) in [5.74, 6) is 0.390. The lowest BCUT2D eigenvalue weighted by Gasteiger charge is -2.13. The van der Waals surface area contributed by atoms with Crippen LogP contribution in [0.5, 0.6) is 5.75 Å². The minimum absolute atomic E-state index is 0.172. The Balaban J connectivity index is 1.65. The average Bonchev–Trinajstić information content (AvgIpc) is 3.19. The van der Waals surface area contributed by atoms with Crippen molar-refractivity contribution in [2.24, 2.45) is 5.73 Å². The minimum Gasteiger partial charge on any atom is -0.489 e. The van der Waals surface area contributed by atoms with Crippen molar-refractivity contribution in [1.82, 2.24) is 5.16 Å². The van der Waals surface area contributed by atoms with E-state index in [1.807, 2.05) is 55.5 Å². The summed E-state index contributed by atoms with van der Waals surface area (Å²) in [6, 6.07) is 19.7. The molecule has 3 aromatic carbocycles. The monoisotopic (exact) mass is 430 g/mol. The highest BCUT2D eigenvalue weighted by molar-refractivity contribution is 5.94. The van der Waals surface area contributed by atoms with Gasteiger partial charge in [0.25, 0.3) is 0 Å². The molecule has 0 atom stereocenters. The van der Waals surface area contributed by atoms with Crippen molar-refractivity contribution in [2.75, 3.05) is 6.61 Å². The Morgan fingerprint density at radius 2 is 1.91 bits per heavy atom. The molecule has 0 spiro atoms. The maximum atomic E-state index is 11.9. The number of benzene rings is 3. The van der Waals surface area contributed by atoms with E-state index < -0.39 is 0 Å². The zero-order chi connectivity index (χ0) is 22.5. The van der Waals surface area contributed by atoms with Crippen LogP contribution in [0, 0.1) is 6.92 Å². The van der Waals surface area contributed by atoms with Gasteiger partial charge in [0.2, 0.25) is 0 Å². The molecule has 0 aliphatic rings. The van der Waals surface area contributed by atoms with Gasteiger partial charge in [0.05, 0.1) is 18.7 Å². The number of fused-ring (bicyclic) bond motifs is 1. The zero-order valence-electron chi connectivity index (χ0n) is 18.3. The van der Waals surface area contributed by atoms with E-state index in [4.69, 9.17) is 19.7 Å². The molecule has 0 fully saturated rings. The van der Waals surface area contributed by atoms with Crippen molar-refractivity contribution in [3.8, 4) is 16.9 Å². The number of ether oxygens (including phenoxy) is 2. The van der Waals surface area contributed by atoms with Crippen molar-refractivity contribution in [3.63, 3.8) is 0 Å². The number of aromatic nitrogens is 1. The molecule has 164 valence electrons. The largest absolute Gasteiger partial charge is 0.489 e. The number of rotatable bonds is 8. The average molecular weight is 431 g/mol. The lowest BCUT2D eigenvalue weighted by atomic mass is 9.98. The normalized spacial score (nSPS) is 11.0. The lowest BCUT2D eigenvalue weighted by Crippen LogP contribution is -2.09. The summed E-state index contributed by atoms with van der Waals surface area (Å²) in [7, 11) is 0. The number of nitrogens with two attached hydrogens (primary N) is 1. The number of esters is 1. The number of nitrogens with zero attached hydrogens (tertiary/aromatic N) is 1. The van der Waals surface area contributed by atoms with Gasteiger partial charge in [0, 0.05) is 23.1 Å². The molecule has 32 heavy (non-hydrogen) atoms. The first kappa shape index (κ1) is 21.6. The number of para-hydroxylation sites is 1. The lowest BCUT2D eigenvalue weighted by molar-refractivity contribution is -0.142. The summed E-state index contributed by atoms with van der Waals surface area (Å²) in [4.78, 5) is 11.9. The Morgan fingerprint density at radius 1 is 1.06 bits per heavy atom. The van der Waals surface area contributed by atoms with E-state index in [9.17, 15) is 4.79 Å². The maximum Gasteiger partial charge on any atom is 0.310 e. The van der Waals surface area contributed by atoms with Crippen LogP contribution in [0.15, 0.2) is 65.2 Å². The van der Waals surface area contributed by atoms with Gasteiger partial charge in [-0.05, 0) is 54.8 Å². The van der Waals surface area contributed by atoms with Crippen LogP contribution in [0.2, 0.25) is 0 Å². The number of aryl methyl sites for hydroxylation is 1. The standard InChI is InChI=1S/C26H26N2O4/c1-3-30-25(29)14-21-8-4-5-10-24(21)31-16-19-12-22-17(2)28-32-26(22)23(13-19)20-9-6-7-18(11-20)15-27/h4-13H,3,14-16,27H2,1-2H3. The molecule has 0 radical (unpaired) electrons. The molecule has 0 saturated heterocycles. The molecule has 0 saturated carbocycles. The summed E-state index contributed by atoms with van der Waals surface area (Å²) in [5, 5.41) is 5.10. The van der Waals surface area contributed by atoms with Gasteiger partial charge in [-0.25, -0.2) is 0 Å². The number of carbonyl (C=O) groups is 1. The van der Waals surface area contributed by atoms with Crippen LogP contribution in [0.4, 0.5) is 0 Å². The second-order valence-electron chi connectivity index (χ2n) is 7.57. The topological polar surface area (TPSA) is 87.6 Å². The quantitative estimate of drug-likeness (QED) is 0.398. The fraction of sp³-hybridized carbons (Fsp3) is 0.231. The van der Waals surface area contributed by atoms with Crippen LogP contribution >= 0.6 is 0 Å². The highest BCUT2D eigenvalue weighted by atomic mass is 16.5. The van der Waals surface area contributed by atoms with Gasteiger partial charge in [0.1, 0.15) is 12.4 Å². The molecule has 0 unspecified atom stereocenters. The van der Waals surface area contributed by atoms with Crippen LogP contribution in [-0.2, 0) is 29.1 Å². The molecular formula is C26H26N2O4. The van der Waals surface area contributed by atoms with Crippen molar-refractivity contribution in [1.29, 1.82) is 0 Å².